The van der Waals surface area contributed by atoms with Crippen molar-refractivity contribution in [2.24, 2.45) is 0 Å². The molecule has 2 heterocycles. The second-order valence-corrected chi connectivity index (χ2v) is 7.39. The lowest BCUT2D eigenvalue weighted by molar-refractivity contribution is 0.340. The van der Waals surface area contributed by atoms with Gasteiger partial charge in [-0.25, -0.2) is 4.98 Å². The van der Waals surface area contributed by atoms with E-state index in [1.165, 1.54) is 11.3 Å². The predicted molar refractivity (Wildman–Crippen MR) is 111 cm³/mol. The smallest absolute Gasteiger partial charge is 0.263 e. The molecule has 27 heavy (non-hydrogen) atoms. The van der Waals surface area contributed by atoms with E-state index in [1.54, 1.807) is 10.9 Å². The fourth-order valence-electron chi connectivity index (χ4n) is 2.98. The summed E-state index contributed by atoms with van der Waals surface area (Å²) in [6.45, 7) is 3.03. The summed E-state index contributed by atoms with van der Waals surface area (Å²) in [4.78, 5) is 18.3. The second kappa shape index (κ2) is 7.55. The van der Waals surface area contributed by atoms with Crippen molar-refractivity contribution in [3.63, 3.8) is 0 Å². The lowest BCUT2D eigenvalue weighted by Gasteiger charge is -2.07. The summed E-state index contributed by atoms with van der Waals surface area (Å²) in [5, 5.41) is 3.32. The van der Waals surface area contributed by atoms with Crippen molar-refractivity contribution < 1.29 is 4.74 Å². The summed E-state index contributed by atoms with van der Waals surface area (Å²) in [7, 11) is 0. The highest BCUT2D eigenvalue weighted by atomic mass is 35.5. The van der Waals surface area contributed by atoms with Gasteiger partial charge in [-0.15, -0.1) is 11.3 Å². The highest BCUT2D eigenvalue weighted by Gasteiger charge is 2.13. The number of halogens is 1. The lowest BCUT2D eigenvalue weighted by atomic mass is 10.1. The number of hydrogen-bond acceptors (Lipinski definition) is 4. The largest absolute Gasteiger partial charge is 0.494 e. The van der Waals surface area contributed by atoms with Crippen LogP contribution >= 0.6 is 22.9 Å². The van der Waals surface area contributed by atoms with Crippen LogP contribution in [0.3, 0.4) is 0 Å². The molecule has 0 atom stereocenters. The van der Waals surface area contributed by atoms with E-state index in [0.717, 1.165) is 27.3 Å². The first-order valence-corrected chi connectivity index (χ1v) is 9.86. The Labute approximate surface area is 165 Å². The summed E-state index contributed by atoms with van der Waals surface area (Å²) < 4.78 is 7.13. The highest BCUT2D eigenvalue weighted by molar-refractivity contribution is 7.17. The molecule has 0 spiro atoms. The molecule has 0 aliphatic carbocycles. The monoisotopic (exact) mass is 396 g/mol. The van der Waals surface area contributed by atoms with Gasteiger partial charge in [0.05, 0.1) is 24.9 Å². The highest BCUT2D eigenvalue weighted by Crippen LogP contribution is 2.31. The van der Waals surface area contributed by atoms with Gasteiger partial charge < -0.3 is 4.74 Å². The normalized spacial score (nSPS) is 11.0. The fourth-order valence-corrected chi connectivity index (χ4v) is 4.01. The van der Waals surface area contributed by atoms with Gasteiger partial charge in [0.25, 0.3) is 5.56 Å². The molecule has 4 aromatic rings. The van der Waals surface area contributed by atoms with E-state index >= 15 is 0 Å². The van der Waals surface area contributed by atoms with Crippen LogP contribution in [0.4, 0.5) is 0 Å². The quantitative estimate of drug-likeness (QED) is 0.464. The average Bonchev–Trinajstić information content (AvgIpc) is 3.11. The van der Waals surface area contributed by atoms with E-state index in [0.29, 0.717) is 23.6 Å². The van der Waals surface area contributed by atoms with Gasteiger partial charge in [-0.05, 0) is 42.3 Å². The van der Waals surface area contributed by atoms with E-state index in [2.05, 4.69) is 4.98 Å². The van der Waals surface area contributed by atoms with Gasteiger partial charge in [-0.2, -0.15) is 0 Å². The summed E-state index contributed by atoms with van der Waals surface area (Å²) >= 11 is 7.42. The van der Waals surface area contributed by atoms with Crippen LogP contribution in [-0.2, 0) is 6.54 Å². The molecule has 0 N–H and O–H groups in total. The van der Waals surface area contributed by atoms with Gasteiger partial charge >= 0.3 is 0 Å². The van der Waals surface area contributed by atoms with Crippen LogP contribution in [0.2, 0.25) is 5.02 Å². The van der Waals surface area contributed by atoms with Crippen LogP contribution in [0.1, 0.15) is 12.5 Å². The van der Waals surface area contributed by atoms with E-state index in [-0.39, 0.29) is 5.56 Å². The molecule has 0 fully saturated rings. The van der Waals surface area contributed by atoms with Crippen LogP contribution in [0, 0.1) is 0 Å². The van der Waals surface area contributed by atoms with Crippen molar-refractivity contribution in [1.82, 2.24) is 9.55 Å². The Morgan fingerprint density at radius 1 is 1.11 bits per heavy atom. The van der Waals surface area contributed by atoms with E-state index in [9.17, 15) is 4.79 Å². The van der Waals surface area contributed by atoms with Crippen LogP contribution in [0.25, 0.3) is 21.3 Å². The molecule has 2 aromatic heterocycles. The standard InChI is InChI=1S/C21H17ClN2O2S/c1-2-26-17-9-5-15(6-10-17)18-12-27-20-19(18)21(25)24(13-23-20)11-14-3-7-16(22)8-4-14/h3-10,12-13H,2,11H2,1H3. The Kier molecular flexibility index (Phi) is 4.97. The van der Waals surface area contributed by atoms with Gasteiger partial charge in [0, 0.05) is 16.0 Å². The molecule has 0 bridgehead atoms. The Morgan fingerprint density at radius 2 is 1.85 bits per heavy atom. The van der Waals surface area contributed by atoms with Crippen LogP contribution < -0.4 is 10.3 Å². The minimum Gasteiger partial charge on any atom is -0.494 e. The third-order valence-electron chi connectivity index (χ3n) is 4.30. The summed E-state index contributed by atoms with van der Waals surface area (Å²) in [6, 6.07) is 15.3. The van der Waals surface area contributed by atoms with Gasteiger partial charge in [0.1, 0.15) is 10.6 Å². The Hall–Kier alpha value is -2.63. The topological polar surface area (TPSA) is 44.1 Å². The van der Waals surface area contributed by atoms with Gasteiger partial charge in [-0.3, -0.25) is 9.36 Å². The molecule has 0 amide bonds. The Morgan fingerprint density at radius 3 is 2.56 bits per heavy atom. The molecule has 0 aliphatic heterocycles. The zero-order chi connectivity index (χ0) is 18.8. The zero-order valence-corrected chi connectivity index (χ0v) is 16.3. The van der Waals surface area contributed by atoms with E-state index in [1.807, 2.05) is 60.8 Å². The van der Waals surface area contributed by atoms with Crippen molar-refractivity contribution in [1.29, 1.82) is 0 Å². The summed E-state index contributed by atoms with van der Waals surface area (Å²) in [6.07, 6.45) is 1.61. The molecular weight excluding hydrogens is 380 g/mol. The third-order valence-corrected chi connectivity index (χ3v) is 5.44. The molecule has 0 radical (unpaired) electrons. The van der Waals surface area contributed by atoms with Crippen molar-refractivity contribution in [2.45, 2.75) is 13.5 Å². The minimum absolute atomic E-state index is 0.0416. The molecule has 4 nitrogen and oxygen atoms in total. The van der Waals surface area contributed by atoms with Gasteiger partial charge in [-0.1, -0.05) is 35.9 Å². The van der Waals surface area contributed by atoms with E-state index < -0.39 is 0 Å². The van der Waals surface area contributed by atoms with Crippen LogP contribution in [0.15, 0.2) is 65.0 Å². The van der Waals surface area contributed by atoms with Crippen molar-refractivity contribution in [3.8, 4) is 16.9 Å². The number of thiophene rings is 1. The number of aromatic nitrogens is 2. The molecule has 6 heteroatoms. The van der Waals surface area contributed by atoms with Crippen molar-refractivity contribution in [3.05, 3.63) is 81.2 Å². The summed E-state index contributed by atoms with van der Waals surface area (Å²) in [5.41, 5.74) is 2.84. The molecule has 0 aliphatic rings. The maximum atomic E-state index is 13.1. The first kappa shape index (κ1) is 17.8. The van der Waals surface area contributed by atoms with E-state index in [4.69, 9.17) is 16.3 Å². The maximum Gasteiger partial charge on any atom is 0.263 e. The van der Waals surface area contributed by atoms with Crippen LogP contribution in [-0.4, -0.2) is 16.2 Å². The molecule has 136 valence electrons. The Balaban J connectivity index is 1.74. The van der Waals surface area contributed by atoms with Crippen LogP contribution in [0.5, 0.6) is 5.75 Å². The average molecular weight is 397 g/mol. The number of rotatable bonds is 5. The molecule has 4 rings (SSSR count). The SMILES string of the molecule is CCOc1ccc(-c2csc3ncn(Cc4ccc(Cl)cc4)c(=O)c23)cc1. The van der Waals surface area contributed by atoms with Gasteiger partial charge in [0.15, 0.2) is 0 Å². The molecule has 0 saturated carbocycles. The molecular formula is C21H17ClN2O2S. The number of fused-ring (bicyclic) bond motifs is 1. The first-order valence-electron chi connectivity index (χ1n) is 8.60. The number of ether oxygens (including phenoxy) is 1. The number of benzene rings is 2. The Bertz CT molecular complexity index is 1130. The van der Waals surface area contributed by atoms with Crippen molar-refractivity contribution >= 4 is 33.2 Å². The van der Waals surface area contributed by atoms with Gasteiger partial charge in [0.2, 0.25) is 0 Å². The predicted octanol–water partition coefficient (Wildman–Crippen LogP) is 5.23. The maximum absolute atomic E-state index is 13.1. The molecule has 0 saturated heterocycles. The third kappa shape index (κ3) is 3.61. The minimum atomic E-state index is -0.0416. The lowest BCUT2D eigenvalue weighted by Crippen LogP contribution is -2.20. The molecule has 2 aromatic carbocycles. The first-order chi connectivity index (χ1) is 13.2. The van der Waals surface area contributed by atoms with Crippen molar-refractivity contribution in [2.75, 3.05) is 6.61 Å². The number of hydrogen-bond donors (Lipinski definition) is 0. The number of nitrogens with zero attached hydrogens (tertiary/aromatic N) is 2. The second-order valence-electron chi connectivity index (χ2n) is 6.09. The molecule has 0 unspecified atom stereocenters. The summed E-state index contributed by atoms with van der Waals surface area (Å²) in [5.74, 6) is 0.819. The fraction of sp³-hybridized carbons (Fsp3) is 0.143. The zero-order valence-electron chi connectivity index (χ0n) is 14.7.